The van der Waals surface area contributed by atoms with Crippen LogP contribution in [0.3, 0.4) is 0 Å². The van der Waals surface area contributed by atoms with E-state index in [2.05, 4.69) is 15.5 Å². The highest BCUT2D eigenvalue weighted by molar-refractivity contribution is 7.15. The van der Waals surface area contributed by atoms with Gasteiger partial charge in [0.2, 0.25) is 0 Å². The zero-order valence-electron chi connectivity index (χ0n) is 14.5. The number of H-pyrrole nitrogens is 1. The Hall–Kier alpha value is -2.71. The van der Waals surface area contributed by atoms with Crippen molar-refractivity contribution in [2.75, 3.05) is 12.5 Å². The van der Waals surface area contributed by atoms with Crippen molar-refractivity contribution in [3.63, 3.8) is 0 Å². The average Bonchev–Trinajstić information content (AvgIpc) is 3.05. The quantitative estimate of drug-likeness (QED) is 0.403. The second-order valence-corrected chi connectivity index (χ2v) is 6.54. The fourth-order valence-corrected chi connectivity index (χ4v) is 3.35. The van der Waals surface area contributed by atoms with Gasteiger partial charge in [-0.05, 0) is 41.2 Å². The number of anilines is 1. The van der Waals surface area contributed by atoms with Crippen molar-refractivity contribution in [3.05, 3.63) is 65.0 Å². The number of carboxylic acids is 1. The minimum Gasteiger partial charge on any atom is -1.00 e. The summed E-state index contributed by atoms with van der Waals surface area (Å²) in [4.78, 5) is 15.1. The van der Waals surface area contributed by atoms with Crippen LogP contribution >= 0.6 is 11.3 Å². The Balaban J connectivity index is 0.00000261. The van der Waals surface area contributed by atoms with Gasteiger partial charge in [-0.3, -0.25) is 4.79 Å². The van der Waals surface area contributed by atoms with Crippen molar-refractivity contribution in [1.82, 2.24) is 0 Å². The van der Waals surface area contributed by atoms with Gasteiger partial charge in [0.25, 0.3) is 0 Å². The van der Waals surface area contributed by atoms with Gasteiger partial charge < -0.3 is 26.8 Å². The lowest BCUT2D eigenvalue weighted by Crippen LogP contribution is -3.00. The number of halogens is 1. The molecule has 27 heavy (non-hydrogen) atoms. The number of hydrazone groups is 1. The minimum atomic E-state index is -0.870. The monoisotopic (exact) mass is 447 g/mol. The lowest BCUT2D eigenvalue weighted by atomic mass is 10.1. The highest BCUT2D eigenvalue weighted by atomic mass is 79.9. The van der Waals surface area contributed by atoms with E-state index in [0.717, 1.165) is 27.4 Å². The molecule has 0 atom stereocenters. The smallest absolute Gasteiger partial charge is 0.357 e. The predicted octanol–water partition coefficient (Wildman–Crippen LogP) is 0.315. The van der Waals surface area contributed by atoms with Crippen molar-refractivity contribution in [1.29, 1.82) is 0 Å². The molecule has 0 fully saturated rings. The normalized spacial score (nSPS) is 10.4. The first kappa shape index (κ1) is 20.6. The molecule has 0 aliphatic rings. The Kier molecular flexibility index (Phi) is 7.51. The minimum absolute atomic E-state index is 0. The molecule has 0 radical (unpaired) electrons. The molecule has 0 bridgehead atoms. The zero-order valence-corrected chi connectivity index (χ0v) is 16.9. The van der Waals surface area contributed by atoms with Crippen molar-refractivity contribution in [3.8, 4) is 17.0 Å². The zero-order chi connectivity index (χ0) is 18.4. The molecule has 0 aliphatic carbocycles. The van der Waals surface area contributed by atoms with Crippen molar-refractivity contribution >= 4 is 28.7 Å². The van der Waals surface area contributed by atoms with Crippen LogP contribution in [0.2, 0.25) is 0 Å². The van der Waals surface area contributed by atoms with Gasteiger partial charge in [0.1, 0.15) is 11.4 Å². The van der Waals surface area contributed by atoms with E-state index in [1.54, 1.807) is 13.3 Å². The number of thiazole rings is 1. The van der Waals surface area contributed by atoms with E-state index < -0.39 is 5.97 Å². The fraction of sp³-hybridized carbons (Fsp3) is 0.105. The lowest BCUT2D eigenvalue weighted by molar-refractivity contribution is -0.341. The number of aromatic amines is 1. The summed E-state index contributed by atoms with van der Waals surface area (Å²) in [5.74, 6) is -0.0850. The summed E-state index contributed by atoms with van der Waals surface area (Å²) in [7, 11) is 1.62. The average molecular weight is 448 g/mol. The third-order valence-corrected chi connectivity index (χ3v) is 4.60. The third-order valence-electron chi connectivity index (χ3n) is 3.61. The number of aromatic nitrogens is 1. The Bertz CT molecular complexity index is 912. The Labute approximate surface area is 171 Å². The SMILES string of the molecule is COc1ccc(C=NNc2[nH+]c(-c3ccccc3)c(CC(=O)O)s2)cc1.[Br-]. The number of nitrogens with one attached hydrogen (secondary N) is 2. The van der Waals surface area contributed by atoms with Crippen LogP contribution in [0.4, 0.5) is 5.13 Å². The molecule has 1 heterocycles. The molecular weight excluding hydrogens is 430 g/mol. The molecule has 1 aromatic heterocycles. The van der Waals surface area contributed by atoms with Crippen LogP contribution < -0.4 is 32.1 Å². The number of rotatable bonds is 7. The van der Waals surface area contributed by atoms with Crippen LogP contribution in [0, 0.1) is 0 Å². The number of carbonyl (C=O) groups is 1. The Morgan fingerprint density at radius 2 is 1.93 bits per heavy atom. The number of hydrogen-bond acceptors (Lipinski definition) is 5. The maximum Gasteiger partial charge on any atom is 0.357 e. The van der Waals surface area contributed by atoms with E-state index in [4.69, 9.17) is 9.84 Å². The van der Waals surface area contributed by atoms with Gasteiger partial charge in [0, 0.05) is 5.56 Å². The molecule has 8 heteroatoms. The first-order chi connectivity index (χ1) is 12.7. The first-order valence-corrected chi connectivity index (χ1v) is 8.72. The molecule has 0 aliphatic heterocycles. The van der Waals surface area contributed by atoms with E-state index in [9.17, 15) is 4.79 Å². The molecular formula is C19H18BrN3O3S. The van der Waals surface area contributed by atoms with Crippen LogP contribution in [0.15, 0.2) is 59.7 Å². The Morgan fingerprint density at radius 1 is 1.22 bits per heavy atom. The summed E-state index contributed by atoms with van der Waals surface area (Å²) in [6, 6.07) is 17.1. The van der Waals surface area contributed by atoms with Gasteiger partial charge in [-0.2, -0.15) is 0 Å². The van der Waals surface area contributed by atoms with Crippen molar-refractivity contribution < 1.29 is 36.6 Å². The number of benzene rings is 2. The van der Waals surface area contributed by atoms with Gasteiger partial charge in [-0.1, -0.05) is 35.4 Å². The standard InChI is InChI=1S/C19H17N3O3S.BrH/c1-25-15-9-7-13(8-10-15)12-20-22-19-21-18(14-5-3-2-4-6-14)16(26-19)11-17(23)24;/h2-10,12H,11H2,1H3,(H,21,22)(H,23,24);1H. The molecule has 6 nitrogen and oxygen atoms in total. The van der Waals surface area contributed by atoms with Gasteiger partial charge in [-0.15, -0.1) is 5.43 Å². The van der Waals surface area contributed by atoms with Crippen molar-refractivity contribution in [2.24, 2.45) is 5.10 Å². The van der Waals surface area contributed by atoms with Crippen LogP contribution in [0.25, 0.3) is 11.3 Å². The first-order valence-electron chi connectivity index (χ1n) is 7.91. The molecule has 2 aromatic carbocycles. The summed E-state index contributed by atoms with van der Waals surface area (Å²) < 4.78 is 5.12. The molecule has 0 unspecified atom stereocenters. The van der Waals surface area contributed by atoms with Crippen LogP contribution in [0.5, 0.6) is 5.75 Å². The third kappa shape index (κ3) is 5.63. The molecule has 3 rings (SSSR count). The maximum absolute atomic E-state index is 11.1. The second-order valence-electron chi connectivity index (χ2n) is 5.43. The predicted molar refractivity (Wildman–Crippen MR) is 102 cm³/mol. The number of aliphatic carboxylic acids is 1. The molecule has 0 saturated carbocycles. The van der Waals surface area contributed by atoms with Crippen molar-refractivity contribution in [2.45, 2.75) is 6.42 Å². The van der Waals surface area contributed by atoms with Crippen LogP contribution in [-0.2, 0) is 11.2 Å². The molecule has 0 spiro atoms. The lowest BCUT2D eigenvalue weighted by Gasteiger charge is -1.97. The van der Waals surface area contributed by atoms with E-state index in [1.807, 2.05) is 54.6 Å². The number of carboxylic acid groups (broad SMARTS) is 1. The summed E-state index contributed by atoms with van der Waals surface area (Å²) in [6.45, 7) is 0. The van der Waals surface area contributed by atoms with Crippen LogP contribution in [0.1, 0.15) is 10.4 Å². The van der Waals surface area contributed by atoms with Gasteiger partial charge in [-0.25, -0.2) is 4.98 Å². The van der Waals surface area contributed by atoms with Gasteiger partial charge >= 0.3 is 11.1 Å². The largest absolute Gasteiger partial charge is 1.00 e. The fourth-order valence-electron chi connectivity index (χ4n) is 2.39. The van der Waals surface area contributed by atoms with E-state index in [-0.39, 0.29) is 23.4 Å². The number of hydrogen-bond donors (Lipinski definition) is 2. The van der Waals surface area contributed by atoms with Gasteiger partial charge in [0.05, 0.1) is 24.6 Å². The summed E-state index contributed by atoms with van der Waals surface area (Å²) in [5, 5.41) is 14.0. The van der Waals surface area contributed by atoms with Crippen LogP contribution in [-0.4, -0.2) is 24.4 Å². The number of nitrogens with zero attached hydrogens (tertiary/aromatic N) is 1. The summed E-state index contributed by atoms with van der Waals surface area (Å²) in [5.41, 5.74) is 5.58. The Morgan fingerprint density at radius 3 is 2.56 bits per heavy atom. The van der Waals surface area contributed by atoms with E-state index in [0.29, 0.717) is 5.13 Å². The highest BCUT2D eigenvalue weighted by Gasteiger charge is 2.19. The molecule has 3 aromatic rings. The summed E-state index contributed by atoms with van der Waals surface area (Å²) >= 11 is 1.34. The molecule has 0 amide bonds. The highest BCUT2D eigenvalue weighted by Crippen LogP contribution is 2.27. The second kappa shape index (κ2) is 9.84. The van der Waals surface area contributed by atoms with E-state index >= 15 is 0 Å². The maximum atomic E-state index is 11.1. The topological polar surface area (TPSA) is 85.1 Å². The van der Waals surface area contributed by atoms with Gasteiger partial charge in [0.15, 0.2) is 0 Å². The molecule has 0 saturated heterocycles. The molecule has 3 N–H and O–H groups in total. The molecule has 140 valence electrons. The number of methoxy groups -OCH3 is 1. The van der Waals surface area contributed by atoms with E-state index in [1.165, 1.54) is 11.3 Å². The summed E-state index contributed by atoms with van der Waals surface area (Å²) in [6.07, 6.45) is 1.64. The number of ether oxygens (including phenoxy) is 1.